The van der Waals surface area contributed by atoms with Crippen molar-refractivity contribution in [3.63, 3.8) is 0 Å². The third-order valence-corrected chi connectivity index (χ3v) is 2.77. The number of hydrogen-bond acceptors (Lipinski definition) is 3. The van der Waals surface area contributed by atoms with Gasteiger partial charge in [0.15, 0.2) is 0 Å². The van der Waals surface area contributed by atoms with E-state index in [-0.39, 0.29) is 0 Å². The van der Waals surface area contributed by atoms with Crippen LogP contribution < -0.4 is 9.64 Å². The van der Waals surface area contributed by atoms with Gasteiger partial charge < -0.3 is 9.64 Å². The number of nitrogens with zero attached hydrogens (tertiary/aromatic N) is 2. The van der Waals surface area contributed by atoms with Gasteiger partial charge in [-0.25, -0.2) is 4.98 Å². The van der Waals surface area contributed by atoms with E-state index >= 15 is 0 Å². The Hall–Kier alpha value is -1.25. The van der Waals surface area contributed by atoms with Gasteiger partial charge in [-0.15, -0.1) is 0 Å². The van der Waals surface area contributed by atoms with Crippen LogP contribution in [0.2, 0.25) is 0 Å². The van der Waals surface area contributed by atoms with Crippen LogP contribution in [0, 0.1) is 6.92 Å². The van der Waals surface area contributed by atoms with Crippen molar-refractivity contribution in [2.24, 2.45) is 0 Å². The molecular weight excluding hydrogens is 188 g/mol. The molecule has 2 rings (SSSR count). The van der Waals surface area contributed by atoms with Crippen LogP contribution in [0.25, 0.3) is 0 Å². The van der Waals surface area contributed by atoms with Crippen molar-refractivity contribution in [3.05, 3.63) is 17.3 Å². The van der Waals surface area contributed by atoms with Crippen LogP contribution >= 0.6 is 0 Å². The van der Waals surface area contributed by atoms with E-state index in [1.165, 1.54) is 12.0 Å². The first-order chi connectivity index (χ1) is 7.22. The fourth-order valence-electron chi connectivity index (χ4n) is 2.09. The molecular formula is C12H18N2O. The van der Waals surface area contributed by atoms with E-state index in [0.717, 1.165) is 36.8 Å². The fraction of sp³-hybridized carbons (Fsp3) is 0.583. The topological polar surface area (TPSA) is 25.4 Å². The van der Waals surface area contributed by atoms with Gasteiger partial charge in [0.25, 0.3) is 0 Å². The zero-order chi connectivity index (χ0) is 10.8. The lowest BCUT2D eigenvalue weighted by Gasteiger charge is -2.28. The summed E-state index contributed by atoms with van der Waals surface area (Å²) in [5.41, 5.74) is 2.31. The van der Waals surface area contributed by atoms with Crippen molar-refractivity contribution in [2.75, 3.05) is 25.1 Å². The molecule has 0 bridgehead atoms. The Morgan fingerprint density at radius 3 is 3.07 bits per heavy atom. The highest BCUT2D eigenvalue weighted by Crippen LogP contribution is 2.32. The minimum atomic E-state index is 0.722. The van der Waals surface area contributed by atoms with E-state index in [1.54, 1.807) is 0 Å². The van der Waals surface area contributed by atoms with Crippen molar-refractivity contribution < 1.29 is 4.74 Å². The average molecular weight is 206 g/mol. The molecule has 3 nitrogen and oxygen atoms in total. The Kier molecular flexibility index (Phi) is 2.80. The number of fused-ring (bicyclic) bond motifs is 1. The van der Waals surface area contributed by atoms with E-state index in [1.807, 2.05) is 19.9 Å². The number of aromatic nitrogens is 1. The second kappa shape index (κ2) is 4.09. The molecule has 1 aromatic heterocycles. The van der Waals surface area contributed by atoms with Gasteiger partial charge in [0.2, 0.25) is 0 Å². The summed E-state index contributed by atoms with van der Waals surface area (Å²) in [5, 5.41) is 0. The molecule has 15 heavy (non-hydrogen) atoms. The SMILES string of the molecule is CCOc1cc(C)nc2c1CCCN2C. The second-order valence-electron chi connectivity index (χ2n) is 4.02. The van der Waals surface area contributed by atoms with Crippen molar-refractivity contribution in [1.29, 1.82) is 0 Å². The Labute approximate surface area is 91.1 Å². The minimum absolute atomic E-state index is 0.722. The average Bonchev–Trinajstić information content (AvgIpc) is 2.20. The van der Waals surface area contributed by atoms with Crippen molar-refractivity contribution in [2.45, 2.75) is 26.7 Å². The molecule has 0 N–H and O–H groups in total. The summed E-state index contributed by atoms with van der Waals surface area (Å²) in [6, 6.07) is 2.04. The molecule has 0 atom stereocenters. The van der Waals surface area contributed by atoms with Gasteiger partial charge in [0.1, 0.15) is 11.6 Å². The third-order valence-electron chi connectivity index (χ3n) is 2.77. The van der Waals surface area contributed by atoms with Crippen molar-refractivity contribution >= 4 is 5.82 Å². The van der Waals surface area contributed by atoms with Crippen LogP contribution in [-0.4, -0.2) is 25.2 Å². The number of aryl methyl sites for hydroxylation is 1. The maximum absolute atomic E-state index is 5.67. The summed E-state index contributed by atoms with van der Waals surface area (Å²) >= 11 is 0. The summed E-state index contributed by atoms with van der Waals surface area (Å²) in [5.74, 6) is 2.12. The maximum atomic E-state index is 5.67. The highest BCUT2D eigenvalue weighted by Gasteiger charge is 2.19. The molecule has 3 heteroatoms. The fourth-order valence-corrected chi connectivity index (χ4v) is 2.09. The van der Waals surface area contributed by atoms with E-state index in [4.69, 9.17) is 4.74 Å². The Morgan fingerprint density at radius 2 is 2.33 bits per heavy atom. The summed E-state index contributed by atoms with van der Waals surface area (Å²) in [7, 11) is 2.10. The van der Waals surface area contributed by atoms with Crippen LogP contribution in [0.1, 0.15) is 24.6 Å². The largest absolute Gasteiger partial charge is 0.493 e. The molecule has 1 aliphatic rings. The van der Waals surface area contributed by atoms with Gasteiger partial charge in [-0.2, -0.15) is 0 Å². The third kappa shape index (κ3) is 1.91. The monoisotopic (exact) mass is 206 g/mol. The number of hydrogen-bond donors (Lipinski definition) is 0. The molecule has 0 saturated heterocycles. The maximum Gasteiger partial charge on any atom is 0.135 e. The van der Waals surface area contributed by atoms with E-state index in [0.29, 0.717) is 0 Å². The smallest absolute Gasteiger partial charge is 0.135 e. The van der Waals surface area contributed by atoms with Crippen LogP contribution in [0.3, 0.4) is 0 Å². The summed E-state index contributed by atoms with van der Waals surface area (Å²) in [6.45, 7) is 5.86. The quantitative estimate of drug-likeness (QED) is 0.741. The molecule has 0 fully saturated rings. The summed E-state index contributed by atoms with van der Waals surface area (Å²) in [4.78, 5) is 6.80. The van der Waals surface area contributed by atoms with E-state index < -0.39 is 0 Å². The molecule has 0 radical (unpaired) electrons. The molecule has 2 heterocycles. The molecule has 82 valence electrons. The first kappa shape index (κ1) is 10.3. The second-order valence-corrected chi connectivity index (χ2v) is 4.02. The standard InChI is InChI=1S/C12H18N2O/c1-4-15-11-8-9(2)13-12-10(11)6-5-7-14(12)3/h8H,4-7H2,1-3H3. The number of ether oxygens (including phenoxy) is 1. The molecule has 1 aromatic rings. The number of anilines is 1. The first-order valence-corrected chi connectivity index (χ1v) is 5.57. The molecule has 0 spiro atoms. The predicted molar refractivity (Wildman–Crippen MR) is 61.7 cm³/mol. The lowest BCUT2D eigenvalue weighted by atomic mass is 10.0. The zero-order valence-electron chi connectivity index (χ0n) is 9.71. The van der Waals surface area contributed by atoms with Crippen molar-refractivity contribution in [1.82, 2.24) is 4.98 Å². The highest BCUT2D eigenvalue weighted by molar-refractivity contribution is 5.56. The van der Waals surface area contributed by atoms with E-state index in [2.05, 4.69) is 16.9 Å². The van der Waals surface area contributed by atoms with Gasteiger partial charge in [0, 0.05) is 30.9 Å². The van der Waals surface area contributed by atoms with Crippen LogP contribution in [0.4, 0.5) is 5.82 Å². The van der Waals surface area contributed by atoms with Gasteiger partial charge in [-0.1, -0.05) is 0 Å². The van der Waals surface area contributed by atoms with Crippen molar-refractivity contribution in [3.8, 4) is 5.75 Å². The highest BCUT2D eigenvalue weighted by atomic mass is 16.5. The van der Waals surface area contributed by atoms with Gasteiger partial charge >= 0.3 is 0 Å². The van der Waals surface area contributed by atoms with Gasteiger partial charge in [-0.3, -0.25) is 0 Å². The Morgan fingerprint density at radius 1 is 1.53 bits per heavy atom. The van der Waals surface area contributed by atoms with Crippen LogP contribution in [-0.2, 0) is 6.42 Å². The first-order valence-electron chi connectivity index (χ1n) is 5.57. The molecule has 1 aliphatic heterocycles. The molecule has 0 amide bonds. The summed E-state index contributed by atoms with van der Waals surface area (Å²) < 4.78 is 5.67. The van der Waals surface area contributed by atoms with Crippen LogP contribution in [0.15, 0.2) is 6.07 Å². The molecule has 0 aliphatic carbocycles. The predicted octanol–water partition coefficient (Wildman–Crippen LogP) is 2.17. The Balaban J connectivity index is 2.47. The van der Waals surface area contributed by atoms with E-state index in [9.17, 15) is 0 Å². The summed E-state index contributed by atoms with van der Waals surface area (Å²) in [6.07, 6.45) is 2.27. The molecule has 0 saturated carbocycles. The Bertz CT molecular complexity index is 363. The lowest BCUT2D eigenvalue weighted by Crippen LogP contribution is -2.26. The normalized spacial score (nSPS) is 15.0. The van der Waals surface area contributed by atoms with Crippen LogP contribution in [0.5, 0.6) is 5.75 Å². The minimum Gasteiger partial charge on any atom is -0.493 e. The zero-order valence-corrected chi connectivity index (χ0v) is 9.71. The molecule has 0 aromatic carbocycles. The number of rotatable bonds is 2. The number of pyridine rings is 1. The lowest BCUT2D eigenvalue weighted by molar-refractivity contribution is 0.335. The van der Waals surface area contributed by atoms with Gasteiger partial charge in [0.05, 0.1) is 6.61 Å². The van der Waals surface area contributed by atoms with Gasteiger partial charge in [-0.05, 0) is 26.7 Å². The molecule has 0 unspecified atom stereocenters.